The molecule has 0 amide bonds. The maximum atomic E-state index is 6.00. The summed E-state index contributed by atoms with van der Waals surface area (Å²) in [5.41, 5.74) is 7.32. The van der Waals surface area contributed by atoms with Crippen LogP contribution in [-0.4, -0.2) is 48.3 Å². The molecule has 2 heterocycles. The monoisotopic (exact) mass is 249 g/mol. The van der Waals surface area contributed by atoms with Crippen LogP contribution in [0.1, 0.15) is 18.9 Å². The number of hydrogen-bond acceptors (Lipinski definition) is 4. The molecular weight excluding hydrogens is 226 g/mol. The van der Waals surface area contributed by atoms with Crippen LogP contribution in [0.5, 0.6) is 0 Å². The van der Waals surface area contributed by atoms with Crippen LogP contribution in [0.2, 0.25) is 0 Å². The fourth-order valence-electron chi connectivity index (χ4n) is 2.76. The first-order valence-electron chi connectivity index (χ1n) is 6.61. The van der Waals surface area contributed by atoms with Crippen molar-refractivity contribution in [2.24, 2.45) is 5.73 Å². The lowest BCUT2D eigenvalue weighted by atomic mass is 9.90. The Hall–Kier alpha value is -0.970. The molecule has 0 aliphatic carbocycles. The van der Waals surface area contributed by atoms with E-state index in [0.29, 0.717) is 6.54 Å². The van der Waals surface area contributed by atoms with Crippen molar-refractivity contribution >= 4 is 0 Å². The van der Waals surface area contributed by atoms with E-state index >= 15 is 0 Å². The third kappa shape index (κ3) is 2.55. The summed E-state index contributed by atoms with van der Waals surface area (Å²) in [7, 11) is 2.15. The first-order chi connectivity index (χ1) is 8.69. The number of rotatable bonds is 5. The average Bonchev–Trinajstić information content (AvgIpc) is 2.79. The predicted molar refractivity (Wildman–Crippen MR) is 72.4 cm³/mol. The third-order valence-corrected chi connectivity index (χ3v) is 4.26. The van der Waals surface area contributed by atoms with Crippen LogP contribution >= 0.6 is 0 Å². The van der Waals surface area contributed by atoms with Crippen molar-refractivity contribution in [3.05, 3.63) is 30.1 Å². The van der Waals surface area contributed by atoms with Gasteiger partial charge < -0.3 is 10.5 Å². The summed E-state index contributed by atoms with van der Waals surface area (Å²) in [4.78, 5) is 6.40. The molecule has 0 spiro atoms. The SMILES string of the molecule is CC1OCCC1(CN)N(C)CCc1ccncc1. The Morgan fingerprint density at radius 1 is 1.50 bits per heavy atom. The van der Waals surface area contributed by atoms with E-state index < -0.39 is 0 Å². The Bertz CT molecular complexity index is 371. The van der Waals surface area contributed by atoms with Gasteiger partial charge in [-0.1, -0.05) is 0 Å². The van der Waals surface area contributed by atoms with Crippen molar-refractivity contribution in [2.45, 2.75) is 31.4 Å². The molecule has 2 rings (SSSR count). The van der Waals surface area contributed by atoms with Gasteiger partial charge in [0.2, 0.25) is 0 Å². The van der Waals surface area contributed by atoms with E-state index in [1.54, 1.807) is 0 Å². The molecule has 100 valence electrons. The van der Waals surface area contributed by atoms with E-state index in [-0.39, 0.29) is 11.6 Å². The Balaban J connectivity index is 1.96. The highest BCUT2D eigenvalue weighted by Crippen LogP contribution is 2.30. The molecule has 0 radical (unpaired) electrons. The van der Waals surface area contributed by atoms with Gasteiger partial charge in [0, 0.05) is 32.1 Å². The van der Waals surface area contributed by atoms with E-state index in [0.717, 1.165) is 26.0 Å². The first-order valence-corrected chi connectivity index (χ1v) is 6.61. The Labute approximate surface area is 109 Å². The molecule has 4 heteroatoms. The lowest BCUT2D eigenvalue weighted by Crippen LogP contribution is -2.57. The maximum absolute atomic E-state index is 6.00. The molecule has 1 aromatic heterocycles. The molecule has 0 aromatic carbocycles. The van der Waals surface area contributed by atoms with Crippen LogP contribution in [-0.2, 0) is 11.2 Å². The summed E-state index contributed by atoms with van der Waals surface area (Å²) < 4.78 is 5.70. The summed E-state index contributed by atoms with van der Waals surface area (Å²) in [5, 5.41) is 0. The van der Waals surface area contributed by atoms with E-state index in [4.69, 9.17) is 10.5 Å². The molecule has 2 atom stereocenters. The predicted octanol–water partition coefficient (Wildman–Crippen LogP) is 1.06. The van der Waals surface area contributed by atoms with E-state index in [1.165, 1.54) is 5.56 Å². The summed E-state index contributed by atoms with van der Waals surface area (Å²) in [6.07, 6.45) is 5.94. The summed E-state index contributed by atoms with van der Waals surface area (Å²) in [5.74, 6) is 0. The van der Waals surface area contributed by atoms with Crippen LogP contribution in [0.25, 0.3) is 0 Å². The fourth-order valence-corrected chi connectivity index (χ4v) is 2.76. The molecule has 1 aliphatic rings. The summed E-state index contributed by atoms with van der Waals surface area (Å²) >= 11 is 0. The lowest BCUT2D eigenvalue weighted by molar-refractivity contribution is 0.0289. The molecule has 4 nitrogen and oxygen atoms in total. The molecule has 1 fully saturated rings. The second-order valence-electron chi connectivity index (χ2n) is 5.10. The second-order valence-corrected chi connectivity index (χ2v) is 5.10. The molecular formula is C14H23N3O. The highest BCUT2D eigenvalue weighted by Gasteiger charge is 2.43. The first kappa shape index (κ1) is 13.5. The molecule has 0 saturated carbocycles. The molecule has 1 aliphatic heterocycles. The van der Waals surface area contributed by atoms with E-state index in [2.05, 4.69) is 36.0 Å². The zero-order chi connectivity index (χ0) is 13.0. The Morgan fingerprint density at radius 2 is 2.22 bits per heavy atom. The zero-order valence-corrected chi connectivity index (χ0v) is 11.3. The quantitative estimate of drug-likeness (QED) is 0.848. The van der Waals surface area contributed by atoms with Crippen LogP contribution in [0.4, 0.5) is 0 Å². The highest BCUT2D eigenvalue weighted by molar-refractivity contribution is 5.10. The van der Waals surface area contributed by atoms with Gasteiger partial charge in [-0.05, 0) is 44.5 Å². The van der Waals surface area contributed by atoms with Crippen LogP contribution in [0.3, 0.4) is 0 Å². The van der Waals surface area contributed by atoms with Crippen LogP contribution in [0, 0.1) is 0 Å². The van der Waals surface area contributed by atoms with E-state index in [9.17, 15) is 0 Å². The third-order valence-electron chi connectivity index (χ3n) is 4.26. The van der Waals surface area contributed by atoms with Crippen molar-refractivity contribution in [1.82, 2.24) is 9.88 Å². The van der Waals surface area contributed by atoms with Crippen molar-refractivity contribution < 1.29 is 4.74 Å². The highest BCUT2D eigenvalue weighted by atomic mass is 16.5. The number of nitrogens with two attached hydrogens (primary N) is 1. The van der Waals surface area contributed by atoms with E-state index in [1.807, 2.05) is 12.4 Å². The standard InChI is InChI=1S/C14H23N3O/c1-12-14(11-15,6-10-18-12)17(2)9-5-13-3-7-16-8-4-13/h3-4,7-8,12H,5-6,9-11,15H2,1-2H3. The van der Waals surface area contributed by atoms with Gasteiger partial charge in [-0.3, -0.25) is 9.88 Å². The molecule has 18 heavy (non-hydrogen) atoms. The Morgan fingerprint density at radius 3 is 2.78 bits per heavy atom. The number of aromatic nitrogens is 1. The summed E-state index contributed by atoms with van der Waals surface area (Å²) in [6, 6.07) is 4.13. The number of ether oxygens (including phenoxy) is 1. The maximum Gasteiger partial charge on any atom is 0.0743 e. The zero-order valence-electron chi connectivity index (χ0n) is 11.3. The van der Waals surface area contributed by atoms with Gasteiger partial charge in [0.25, 0.3) is 0 Å². The molecule has 2 N–H and O–H groups in total. The molecule has 2 unspecified atom stereocenters. The van der Waals surface area contributed by atoms with Crippen LogP contribution < -0.4 is 5.73 Å². The number of pyridine rings is 1. The molecule has 0 bridgehead atoms. The molecule has 1 saturated heterocycles. The van der Waals surface area contributed by atoms with Gasteiger partial charge in [-0.25, -0.2) is 0 Å². The minimum absolute atomic E-state index is 0.00697. The van der Waals surface area contributed by atoms with Gasteiger partial charge in [0.1, 0.15) is 0 Å². The van der Waals surface area contributed by atoms with Gasteiger partial charge in [0.05, 0.1) is 11.6 Å². The molecule has 1 aromatic rings. The summed E-state index contributed by atoms with van der Waals surface area (Å²) in [6.45, 7) is 4.59. The lowest BCUT2D eigenvalue weighted by Gasteiger charge is -2.40. The van der Waals surface area contributed by atoms with Crippen molar-refractivity contribution in [3.8, 4) is 0 Å². The minimum atomic E-state index is 0.00697. The number of hydrogen-bond donors (Lipinski definition) is 1. The second kappa shape index (κ2) is 5.78. The minimum Gasteiger partial charge on any atom is -0.376 e. The van der Waals surface area contributed by atoms with Crippen molar-refractivity contribution in [2.75, 3.05) is 26.7 Å². The number of nitrogens with zero attached hydrogens (tertiary/aromatic N) is 2. The normalized spacial score (nSPS) is 27.9. The smallest absolute Gasteiger partial charge is 0.0743 e. The fraction of sp³-hybridized carbons (Fsp3) is 0.643. The van der Waals surface area contributed by atoms with Crippen molar-refractivity contribution in [3.63, 3.8) is 0 Å². The van der Waals surface area contributed by atoms with Crippen LogP contribution in [0.15, 0.2) is 24.5 Å². The topological polar surface area (TPSA) is 51.4 Å². The number of likely N-dealkylation sites (N-methyl/N-ethyl adjacent to an activating group) is 1. The average molecular weight is 249 g/mol. The van der Waals surface area contributed by atoms with Crippen molar-refractivity contribution in [1.29, 1.82) is 0 Å². The van der Waals surface area contributed by atoms with Gasteiger partial charge in [-0.15, -0.1) is 0 Å². The Kier molecular flexibility index (Phi) is 4.32. The van der Waals surface area contributed by atoms with Gasteiger partial charge in [0.15, 0.2) is 0 Å². The van der Waals surface area contributed by atoms with Gasteiger partial charge >= 0.3 is 0 Å². The van der Waals surface area contributed by atoms with Gasteiger partial charge in [-0.2, -0.15) is 0 Å². The largest absolute Gasteiger partial charge is 0.376 e.